The Labute approximate surface area is 115 Å². The SMILES string of the molecule is NCc1ccc(N2CCCC(C(N)=O)C2)cc1Br. The lowest BCUT2D eigenvalue weighted by Gasteiger charge is -2.33. The summed E-state index contributed by atoms with van der Waals surface area (Å²) in [7, 11) is 0. The minimum absolute atomic E-state index is 0.0355. The molecule has 1 aliphatic heterocycles. The van der Waals surface area contributed by atoms with E-state index in [9.17, 15) is 4.79 Å². The van der Waals surface area contributed by atoms with Crippen LogP contribution in [0.2, 0.25) is 0 Å². The highest BCUT2D eigenvalue weighted by atomic mass is 79.9. The molecule has 1 amide bonds. The number of nitrogens with zero attached hydrogens (tertiary/aromatic N) is 1. The van der Waals surface area contributed by atoms with Gasteiger partial charge in [0, 0.05) is 29.8 Å². The Morgan fingerprint density at radius 2 is 2.28 bits per heavy atom. The number of nitrogens with two attached hydrogens (primary N) is 2. The van der Waals surface area contributed by atoms with Crippen molar-refractivity contribution in [3.05, 3.63) is 28.2 Å². The number of carbonyl (C=O) groups excluding carboxylic acids is 1. The van der Waals surface area contributed by atoms with Crippen molar-refractivity contribution in [3.63, 3.8) is 0 Å². The highest BCUT2D eigenvalue weighted by Crippen LogP contribution is 2.27. The second kappa shape index (κ2) is 5.71. The Bertz CT molecular complexity index is 450. The number of amides is 1. The Morgan fingerprint density at radius 3 is 2.89 bits per heavy atom. The third kappa shape index (κ3) is 2.84. The summed E-state index contributed by atoms with van der Waals surface area (Å²) in [5.74, 6) is -0.232. The van der Waals surface area contributed by atoms with E-state index in [-0.39, 0.29) is 11.8 Å². The van der Waals surface area contributed by atoms with Gasteiger partial charge in [0.2, 0.25) is 5.91 Å². The van der Waals surface area contributed by atoms with E-state index in [1.807, 2.05) is 6.07 Å². The fourth-order valence-corrected chi connectivity index (χ4v) is 2.87. The van der Waals surface area contributed by atoms with E-state index >= 15 is 0 Å². The molecule has 0 saturated carbocycles. The predicted molar refractivity (Wildman–Crippen MR) is 76.2 cm³/mol. The fourth-order valence-electron chi connectivity index (χ4n) is 2.34. The van der Waals surface area contributed by atoms with E-state index in [0.717, 1.165) is 35.1 Å². The molecule has 1 heterocycles. The Balaban J connectivity index is 2.16. The van der Waals surface area contributed by atoms with Crippen LogP contribution < -0.4 is 16.4 Å². The van der Waals surface area contributed by atoms with Gasteiger partial charge in [0.15, 0.2) is 0 Å². The van der Waals surface area contributed by atoms with Crippen LogP contribution in [0.3, 0.4) is 0 Å². The number of hydrogen-bond donors (Lipinski definition) is 2. The molecular weight excluding hydrogens is 294 g/mol. The highest BCUT2D eigenvalue weighted by molar-refractivity contribution is 9.10. The molecule has 1 unspecified atom stereocenters. The van der Waals surface area contributed by atoms with Gasteiger partial charge >= 0.3 is 0 Å². The first kappa shape index (κ1) is 13.4. The topological polar surface area (TPSA) is 72.3 Å². The molecule has 0 bridgehead atoms. The molecule has 4 nitrogen and oxygen atoms in total. The molecule has 1 atom stereocenters. The normalized spacial score (nSPS) is 19.9. The van der Waals surface area contributed by atoms with Gasteiger partial charge in [-0.2, -0.15) is 0 Å². The monoisotopic (exact) mass is 311 g/mol. The van der Waals surface area contributed by atoms with Gasteiger partial charge in [-0.15, -0.1) is 0 Å². The molecule has 4 N–H and O–H groups in total. The largest absolute Gasteiger partial charge is 0.371 e. The van der Waals surface area contributed by atoms with Gasteiger partial charge in [0.1, 0.15) is 0 Å². The maximum absolute atomic E-state index is 11.3. The summed E-state index contributed by atoms with van der Waals surface area (Å²) in [4.78, 5) is 13.5. The standard InChI is InChI=1S/C13H18BrN3O/c14-12-6-11(4-3-9(12)7-15)17-5-1-2-10(8-17)13(16)18/h3-4,6,10H,1-2,5,7-8,15H2,(H2,16,18). The summed E-state index contributed by atoms with van der Waals surface area (Å²) >= 11 is 3.52. The molecule has 18 heavy (non-hydrogen) atoms. The van der Waals surface area contributed by atoms with Crippen molar-refractivity contribution in [1.82, 2.24) is 0 Å². The van der Waals surface area contributed by atoms with Gasteiger partial charge < -0.3 is 16.4 Å². The smallest absolute Gasteiger partial charge is 0.222 e. The summed E-state index contributed by atoms with van der Waals surface area (Å²) in [5, 5.41) is 0. The number of rotatable bonds is 3. The zero-order valence-electron chi connectivity index (χ0n) is 10.2. The third-order valence-electron chi connectivity index (χ3n) is 3.45. The maximum Gasteiger partial charge on any atom is 0.222 e. The van der Waals surface area contributed by atoms with Gasteiger partial charge in [-0.25, -0.2) is 0 Å². The van der Waals surface area contributed by atoms with Gasteiger partial charge in [0.05, 0.1) is 5.92 Å². The van der Waals surface area contributed by atoms with Crippen LogP contribution in [0, 0.1) is 5.92 Å². The van der Waals surface area contributed by atoms with Crippen LogP contribution in [-0.2, 0) is 11.3 Å². The van der Waals surface area contributed by atoms with Crippen LogP contribution in [0.15, 0.2) is 22.7 Å². The van der Waals surface area contributed by atoms with E-state index in [1.54, 1.807) is 0 Å². The number of piperidine rings is 1. The zero-order chi connectivity index (χ0) is 13.1. The van der Waals surface area contributed by atoms with Crippen molar-refractivity contribution in [1.29, 1.82) is 0 Å². The molecule has 0 aliphatic carbocycles. The van der Waals surface area contributed by atoms with Crippen LogP contribution in [-0.4, -0.2) is 19.0 Å². The quantitative estimate of drug-likeness (QED) is 0.890. The summed E-state index contributed by atoms with van der Waals surface area (Å²) in [6.07, 6.45) is 1.90. The minimum atomic E-state index is -0.197. The van der Waals surface area contributed by atoms with Gasteiger partial charge in [-0.3, -0.25) is 4.79 Å². The number of benzene rings is 1. The van der Waals surface area contributed by atoms with Crippen molar-refractivity contribution >= 4 is 27.5 Å². The highest BCUT2D eigenvalue weighted by Gasteiger charge is 2.24. The molecule has 1 aromatic rings. The zero-order valence-corrected chi connectivity index (χ0v) is 11.8. The van der Waals surface area contributed by atoms with E-state index in [0.29, 0.717) is 13.1 Å². The molecule has 2 rings (SSSR count). The molecule has 1 fully saturated rings. The van der Waals surface area contributed by atoms with E-state index < -0.39 is 0 Å². The summed E-state index contributed by atoms with van der Waals surface area (Å²) < 4.78 is 1.02. The first-order chi connectivity index (χ1) is 8.61. The van der Waals surface area contributed by atoms with E-state index in [4.69, 9.17) is 11.5 Å². The van der Waals surface area contributed by atoms with Gasteiger partial charge in [0.25, 0.3) is 0 Å². The molecule has 0 aromatic heterocycles. The van der Waals surface area contributed by atoms with Crippen molar-refractivity contribution in [2.75, 3.05) is 18.0 Å². The lowest BCUT2D eigenvalue weighted by atomic mass is 9.97. The third-order valence-corrected chi connectivity index (χ3v) is 4.18. The number of primary amides is 1. The first-order valence-corrected chi connectivity index (χ1v) is 6.94. The average Bonchev–Trinajstić information content (AvgIpc) is 2.38. The Morgan fingerprint density at radius 1 is 1.50 bits per heavy atom. The summed E-state index contributed by atoms with van der Waals surface area (Å²) in [6, 6.07) is 6.13. The van der Waals surface area contributed by atoms with Crippen LogP contribution >= 0.6 is 15.9 Å². The fraction of sp³-hybridized carbons (Fsp3) is 0.462. The number of halogens is 1. The lowest BCUT2D eigenvalue weighted by Crippen LogP contribution is -2.41. The summed E-state index contributed by atoms with van der Waals surface area (Å²) in [5.41, 5.74) is 13.2. The molecular formula is C13H18BrN3O. The van der Waals surface area contributed by atoms with Crippen molar-refractivity contribution in [2.45, 2.75) is 19.4 Å². The molecule has 1 aliphatic rings. The lowest BCUT2D eigenvalue weighted by molar-refractivity contribution is -0.122. The van der Waals surface area contributed by atoms with E-state index in [1.165, 1.54) is 0 Å². The van der Waals surface area contributed by atoms with Crippen LogP contribution in [0.1, 0.15) is 18.4 Å². The van der Waals surface area contributed by atoms with Crippen molar-refractivity contribution in [2.24, 2.45) is 17.4 Å². The average molecular weight is 312 g/mol. The minimum Gasteiger partial charge on any atom is -0.371 e. The first-order valence-electron chi connectivity index (χ1n) is 6.14. The second-order valence-corrected chi connectivity index (χ2v) is 5.52. The van der Waals surface area contributed by atoms with Crippen molar-refractivity contribution < 1.29 is 4.79 Å². The Kier molecular flexibility index (Phi) is 4.24. The van der Waals surface area contributed by atoms with Gasteiger partial charge in [-0.1, -0.05) is 22.0 Å². The number of hydrogen-bond acceptors (Lipinski definition) is 3. The molecule has 98 valence electrons. The number of carbonyl (C=O) groups is 1. The molecule has 5 heteroatoms. The van der Waals surface area contributed by atoms with E-state index in [2.05, 4.69) is 33.0 Å². The number of anilines is 1. The predicted octanol–water partition coefficient (Wildman–Crippen LogP) is 1.61. The summed E-state index contributed by atoms with van der Waals surface area (Å²) in [6.45, 7) is 2.20. The second-order valence-electron chi connectivity index (χ2n) is 4.67. The van der Waals surface area contributed by atoms with Crippen LogP contribution in [0.25, 0.3) is 0 Å². The maximum atomic E-state index is 11.3. The molecule has 1 aromatic carbocycles. The Hall–Kier alpha value is -1.07. The molecule has 0 radical (unpaired) electrons. The van der Waals surface area contributed by atoms with Crippen LogP contribution in [0.4, 0.5) is 5.69 Å². The van der Waals surface area contributed by atoms with Crippen molar-refractivity contribution in [3.8, 4) is 0 Å². The molecule has 1 saturated heterocycles. The molecule has 0 spiro atoms. The van der Waals surface area contributed by atoms with Gasteiger partial charge in [-0.05, 0) is 30.5 Å². The van der Waals surface area contributed by atoms with Crippen LogP contribution in [0.5, 0.6) is 0 Å².